The smallest absolute Gasteiger partial charge is 0.408 e. The van der Waals surface area contributed by atoms with Crippen molar-refractivity contribution in [3.8, 4) is 11.1 Å². The molecule has 0 spiro atoms. The second kappa shape index (κ2) is 8.37. The van der Waals surface area contributed by atoms with E-state index in [1.54, 1.807) is 27.7 Å². The summed E-state index contributed by atoms with van der Waals surface area (Å²) in [6.45, 7) is 8.34. The van der Waals surface area contributed by atoms with E-state index in [0.717, 1.165) is 16.1 Å². The number of fused-ring (bicyclic) bond motifs is 3. The average Bonchev–Trinajstić information content (AvgIpc) is 2.76. The molecule has 0 fully saturated rings. The van der Waals surface area contributed by atoms with Crippen LogP contribution in [0.3, 0.4) is 0 Å². The number of alkyl carbamates (subject to hydrolysis) is 1. The number of carbonyl (C=O) groups is 3. The molecule has 2 N–H and O–H groups in total. The number of nitrogens with one attached hydrogen (secondary N) is 2. The molecule has 1 aliphatic heterocycles. The zero-order chi connectivity index (χ0) is 22.9. The number of nitrogens with zero attached hydrogens (tertiary/aromatic N) is 1. The Kier molecular flexibility index (Phi) is 6.01. The monoisotopic (exact) mass is 427 g/mol. The van der Waals surface area contributed by atoms with Crippen LogP contribution in [0.5, 0.6) is 0 Å². The van der Waals surface area contributed by atoms with Crippen LogP contribution < -0.4 is 15.8 Å². The summed E-state index contributed by atoms with van der Waals surface area (Å²) in [6.07, 6.45) is -0.749. The summed E-state index contributed by atoms with van der Waals surface area (Å²) >= 11 is 0. The van der Waals surface area contributed by atoms with Crippen LogP contribution in [0.25, 0.3) is 11.1 Å². The van der Waals surface area contributed by atoms with Crippen molar-refractivity contribution in [3.63, 3.8) is 0 Å². The maximum absolute atomic E-state index is 14.1. The Labute approximate surface area is 180 Å². The van der Waals surface area contributed by atoms with E-state index in [-0.39, 0.29) is 5.91 Å². The lowest BCUT2D eigenvalue weighted by atomic mass is 9.92. The van der Waals surface area contributed by atoms with Crippen LogP contribution in [-0.4, -0.2) is 29.6 Å². The van der Waals surface area contributed by atoms with E-state index in [1.165, 1.54) is 25.1 Å². The molecule has 0 saturated heterocycles. The lowest BCUT2D eigenvalue weighted by Gasteiger charge is -2.27. The molecule has 31 heavy (non-hydrogen) atoms. The van der Waals surface area contributed by atoms with E-state index in [0.29, 0.717) is 11.3 Å². The van der Waals surface area contributed by atoms with Gasteiger partial charge in [0.25, 0.3) is 11.8 Å². The molecule has 1 heterocycles. The molecule has 2 aromatic carbocycles. The Hall–Kier alpha value is -3.42. The van der Waals surface area contributed by atoms with Crippen LogP contribution in [0.4, 0.5) is 14.9 Å². The first-order chi connectivity index (χ1) is 14.5. The highest BCUT2D eigenvalue weighted by Gasteiger charge is 2.33. The summed E-state index contributed by atoms with van der Waals surface area (Å²) in [5.74, 6) is -2.04. The molecule has 7 nitrogen and oxygen atoms in total. The molecular weight excluding hydrogens is 401 g/mol. The van der Waals surface area contributed by atoms with Crippen molar-refractivity contribution in [2.24, 2.45) is 0 Å². The Balaban J connectivity index is 1.90. The number of carbonyl (C=O) groups excluding carboxylic acids is 3. The molecule has 0 aromatic heterocycles. The van der Waals surface area contributed by atoms with Crippen molar-refractivity contribution < 1.29 is 23.5 Å². The van der Waals surface area contributed by atoms with Crippen LogP contribution >= 0.6 is 0 Å². The van der Waals surface area contributed by atoms with Gasteiger partial charge in [-0.2, -0.15) is 0 Å². The number of benzene rings is 2. The van der Waals surface area contributed by atoms with Gasteiger partial charge in [-0.15, -0.1) is 0 Å². The van der Waals surface area contributed by atoms with Crippen molar-refractivity contribution in [1.29, 1.82) is 0 Å². The fourth-order valence-corrected chi connectivity index (χ4v) is 3.36. The number of ether oxygens (including phenoxy) is 1. The molecule has 164 valence electrons. The van der Waals surface area contributed by atoms with Gasteiger partial charge in [-0.3, -0.25) is 15.0 Å². The largest absolute Gasteiger partial charge is 0.444 e. The third-order valence-corrected chi connectivity index (χ3v) is 4.86. The highest BCUT2D eigenvalue weighted by Crippen LogP contribution is 2.40. The zero-order valence-corrected chi connectivity index (χ0v) is 18.2. The third-order valence-electron chi connectivity index (χ3n) is 4.86. The van der Waals surface area contributed by atoms with Gasteiger partial charge in [0.15, 0.2) is 0 Å². The van der Waals surface area contributed by atoms with Crippen LogP contribution in [0.15, 0.2) is 42.5 Å². The highest BCUT2D eigenvalue weighted by atomic mass is 19.1. The summed E-state index contributed by atoms with van der Waals surface area (Å²) in [5.41, 5.74) is 4.14. The molecule has 0 bridgehead atoms. The van der Waals surface area contributed by atoms with Gasteiger partial charge < -0.3 is 10.1 Å². The van der Waals surface area contributed by atoms with Gasteiger partial charge in [-0.05, 0) is 63.9 Å². The fraction of sp³-hybridized carbons (Fsp3) is 0.348. The van der Waals surface area contributed by atoms with E-state index < -0.39 is 35.4 Å². The Bertz CT molecular complexity index is 1030. The molecular formula is C23H26FN3O4. The summed E-state index contributed by atoms with van der Waals surface area (Å²) in [7, 11) is 0. The molecule has 0 radical (unpaired) electrons. The number of rotatable bonds is 3. The van der Waals surface area contributed by atoms with Crippen LogP contribution in [0.2, 0.25) is 0 Å². The number of halogens is 1. The van der Waals surface area contributed by atoms with Gasteiger partial charge in [-0.25, -0.2) is 14.2 Å². The van der Waals surface area contributed by atoms with Crippen molar-refractivity contribution in [3.05, 3.63) is 53.8 Å². The lowest BCUT2D eigenvalue weighted by Crippen LogP contribution is -2.54. The molecule has 0 saturated carbocycles. The van der Waals surface area contributed by atoms with E-state index >= 15 is 0 Å². The van der Waals surface area contributed by atoms with Gasteiger partial charge in [0.05, 0.1) is 11.6 Å². The van der Waals surface area contributed by atoms with Gasteiger partial charge in [0, 0.05) is 5.56 Å². The Morgan fingerprint density at radius 2 is 1.81 bits per heavy atom. The minimum atomic E-state index is -0.979. The predicted octanol–water partition coefficient (Wildman–Crippen LogP) is 3.89. The van der Waals surface area contributed by atoms with Crippen molar-refractivity contribution in [1.82, 2.24) is 10.7 Å². The quantitative estimate of drug-likeness (QED) is 0.778. The summed E-state index contributed by atoms with van der Waals surface area (Å²) < 4.78 is 19.2. The van der Waals surface area contributed by atoms with Crippen LogP contribution in [0, 0.1) is 5.82 Å². The van der Waals surface area contributed by atoms with Crippen molar-refractivity contribution >= 4 is 23.6 Å². The maximum atomic E-state index is 14.1. The standard InChI is InChI=1S/C23H26FN3O4/c1-13-16-8-6-7-9-17(16)18-12-15(24)10-11-19(18)27(21(13)29)26-20(28)14(2)25-22(30)31-23(3,4)5/h6-14H,1-5H3,(H,25,30)(H,26,28)/t13?,14-/m0/s1. The summed E-state index contributed by atoms with van der Waals surface area (Å²) in [4.78, 5) is 38.0. The van der Waals surface area contributed by atoms with Crippen molar-refractivity contribution in [2.75, 3.05) is 5.01 Å². The molecule has 3 amide bonds. The van der Waals surface area contributed by atoms with Gasteiger partial charge >= 0.3 is 6.09 Å². The van der Waals surface area contributed by atoms with Gasteiger partial charge in [0.1, 0.15) is 17.5 Å². The minimum absolute atomic E-state index is 0.348. The SMILES string of the molecule is CC1C(=O)N(NC(=O)[C@H](C)NC(=O)OC(C)(C)C)c2ccc(F)cc2-c2ccccc21. The molecule has 1 aliphatic rings. The number of hydrogen-bond acceptors (Lipinski definition) is 4. The van der Waals surface area contributed by atoms with E-state index in [9.17, 15) is 18.8 Å². The Morgan fingerprint density at radius 1 is 1.13 bits per heavy atom. The Morgan fingerprint density at radius 3 is 2.48 bits per heavy atom. The fourth-order valence-electron chi connectivity index (χ4n) is 3.36. The normalized spacial score (nSPS) is 16.5. The van der Waals surface area contributed by atoms with Gasteiger partial charge in [-0.1, -0.05) is 24.3 Å². The second-order valence-electron chi connectivity index (χ2n) is 8.49. The molecule has 8 heteroatoms. The first kappa shape index (κ1) is 22.3. The lowest BCUT2D eigenvalue weighted by molar-refractivity contribution is -0.127. The second-order valence-corrected chi connectivity index (χ2v) is 8.49. The molecule has 1 unspecified atom stereocenters. The third kappa shape index (κ3) is 4.84. The molecule has 2 atom stereocenters. The molecule has 2 aromatic rings. The summed E-state index contributed by atoms with van der Waals surface area (Å²) in [6, 6.07) is 10.3. The van der Waals surface area contributed by atoms with Crippen molar-refractivity contribution in [2.45, 2.75) is 52.2 Å². The average molecular weight is 427 g/mol. The summed E-state index contributed by atoms with van der Waals surface area (Å²) in [5, 5.41) is 3.57. The first-order valence-electron chi connectivity index (χ1n) is 10.0. The number of hydrogen-bond donors (Lipinski definition) is 2. The van der Waals surface area contributed by atoms with E-state index in [2.05, 4.69) is 10.7 Å². The molecule has 0 aliphatic carbocycles. The van der Waals surface area contributed by atoms with E-state index in [1.807, 2.05) is 24.3 Å². The topological polar surface area (TPSA) is 87.7 Å². The van der Waals surface area contributed by atoms with Gasteiger partial charge in [0.2, 0.25) is 0 Å². The number of hydrazine groups is 1. The number of anilines is 1. The van der Waals surface area contributed by atoms with Crippen LogP contribution in [-0.2, 0) is 14.3 Å². The number of amides is 3. The minimum Gasteiger partial charge on any atom is -0.444 e. The zero-order valence-electron chi connectivity index (χ0n) is 18.2. The maximum Gasteiger partial charge on any atom is 0.408 e. The van der Waals surface area contributed by atoms with Crippen LogP contribution in [0.1, 0.15) is 46.1 Å². The highest BCUT2D eigenvalue weighted by molar-refractivity contribution is 6.06. The predicted molar refractivity (Wildman–Crippen MR) is 115 cm³/mol. The molecule has 3 rings (SSSR count). The first-order valence-corrected chi connectivity index (χ1v) is 10.0. The van der Waals surface area contributed by atoms with E-state index in [4.69, 9.17) is 4.74 Å².